The Labute approximate surface area is 126 Å². The highest BCUT2D eigenvalue weighted by Gasteiger charge is 2.40. The van der Waals surface area contributed by atoms with E-state index >= 15 is 0 Å². The van der Waals surface area contributed by atoms with E-state index in [9.17, 15) is 14.5 Å². The first-order valence-electron chi connectivity index (χ1n) is 6.81. The minimum atomic E-state index is -0.926. The third-order valence-electron chi connectivity index (χ3n) is 3.77. The summed E-state index contributed by atoms with van der Waals surface area (Å²) < 4.78 is 24.2. The van der Waals surface area contributed by atoms with Gasteiger partial charge < -0.3 is 9.47 Å². The van der Waals surface area contributed by atoms with Crippen molar-refractivity contribution in [2.24, 2.45) is 0 Å². The summed E-state index contributed by atoms with van der Waals surface area (Å²) in [6.07, 6.45) is -0.541. The quantitative estimate of drug-likeness (QED) is 0.645. The third-order valence-corrected chi connectivity index (χ3v) is 3.77. The summed E-state index contributed by atoms with van der Waals surface area (Å²) >= 11 is 0. The topological polar surface area (TPSA) is 61.6 Å². The van der Waals surface area contributed by atoms with Crippen LogP contribution in [0.1, 0.15) is 17.2 Å². The first kappa shape index (κ1) is 14.3. The molecule has 0 aliphatic carbocycles. The lowest BCUT2D eigenvalue weighted by Gasteiger charge is -2.29. The van der Waals surface area contributed by atoms with Gasteiger partial charge in [-0.15, -0.1) is 0 Å². The van der Waals surface area contributed by atoms with Gasteiger partial charge in [0.15, 0.2) is 17.6 Å². The van der Waals surface area contributed by atoms with Crippen LogP contribution < -0.4 is 9.47 Å². The maximum atomic E-state index is 13.1. The molecule has 0 aromatic heterocycles. The number of rotatable bonds is 3. The molecule has 1 aliphatic heterocycles. The molecule has 0 amide bonds. The van der Waals surface area contributed by atoms with Gasteiger partial charge in [0.25, 0.3) is 6.04 Å². The fraction of sp³-hybridized carbons (Fsp3) is 0.250. The van der Waals surface area contributed by atoms with Crippen LogP contribution in [-0.4, -0.2) is 18.1 Å². The van der Waals surface area contributed by atoms with E-state index in [2.05, 4.69) is 0 Å². The Balaban J connectivity index is 2.04. The molecule has 0 radical (unpaired) electrons. The summed E-state index contributed by atoms with van der Waals surface area (Å²) in [6.45, 7) is 0. The van der Waals surface area contributed by atoms with E-state index in [0.717, 1.165) is 5.56 Å². The Hall–Kier alpha value is -2.63. The van der Waals surface area contributed by atoms with E-state index in [1.165, 1.54) is 31.4 Å². The Morgan fingerprint density at radius 1 is 1.27 bits per heavy atom. The van der Waals surface area contributed by atoms with E-state index in [1.54, 1.807) is 18.2 Å². The monoisotopic (exact) mass is 303 g/mol. The Morgan fingerprint density at radius 3 is 2.64 bits per heavy atom. The van der Waals surface area contributed by atoms with Gasteiger partial charge in [-0.3, -0.25) is 10.1 Å². The zero-order valence-corrected chi connectivity index (χ0v) is 11.9. The Kier molecular flexibility index (Phi) is 3.66. The van der Waals surface area contributed by atoms with Crippen molar-refractivity contribution < 1.29 is 18.8 Å². The van der Waals surface area contributed by atoms with Gasteiger partial charge in [0, 0.05) is 16.9 Å². The van der Waals surface area contributed by atoms with Crippen LogP contribution in [0.3, 0.4) is 0 Å². The molecule has 1 aliphatic rings. The highest BCUT2D eigenvalue weighted by atomic mass is 19.1. The lowest BCUT2D eigenvalue weighted by atomic mass is 9.93. The van der Waals surface area contributed by atoms with Crippen LogP contribution in [0.15, 0.2) is 42.5 Å². The highest BCUT2D eigenvalue weighted by Crippen LogP contribution is 2.41. The van der Waals surface area contributed by atoms with Crippen LogP contribution >= 0.6 is 0 Å². The van der Waals surface area contributed by atoms with Crippen molar-refractivity contribution in [2.45, 2.75) is 18.6 Å². The van der Waals surface area contributed by atoms with Crippen LogP contribution in [0, 0.1) is 15.9 Å². The number of fused-ring (bicyclic) bond motifs is 1. The molecule has 0 spiro atoms. The molecule has 2 aromatic rings. The van der Waals surface area contributed by atoms with Crippen molar-refractivity contribution in [3.63, 3.8) is 0 Å². The van der Waals surface area contributed by atoms with Crippen LogP contribution in [0.2, 0.25) is 0 Å². The predicted octanol–water partition coefficient (Wildman–Crippen LogP) is 3.16. The Bertz CT molecular complexity index is 702. The average molecular weight is 303 g/mol. The summed E-state index contributed by atoms with van der Waals surface area (Å²) in [6, 6.07) is 9.94. The average Bonchev–Trinajstić information content (AvgIpc) is 2.53. The van der Waals surface area contributed by atoms with E-state index in [1.807, 2.05) is 0 Å². The second-order valence-electron chi connectivity index (χ2n) is 5.10. The standard InChI is InChI=1S/C16H14FNO4/c1-21-14-4-2-3-11-9-13(18(19)20)15(22-16(11)14)10-5-7-12(17)8-6-10/h2-8,13,15H,9H2,1H3. The molecule has 0 saturated carbocycles. The number of para-hydroxylation sites is 1. The molecule has 0 N–H and O–H groups in total. The number of hydrogen-bond acceptors (Lipinski definition) is 4. The maximum absolute atomic E-state index is 13.1. The summed E-state index contributed by atoms with van der Waals surface area (Å²) in [5.41, 5.74) is 1.30. The van der Waals surface area contributed by atoms with Crippen molar-refractivity contribution in [3.05, 3.63) is 69.5 Å². The largest absolute Gasteiger partial charge is 0.493 e. The van der Waals surface area contributed by atoms with E-state index < -0.39 is 18.0 Å². The molecular weight excluding hydrogens is 289 g/mol. The zero-order chi connectivity index (χ0) is 15.7. The lowest BCUT2D eigenvalue weighted by Crippen LogP contribution is -2.36. The summed E-state index contributed by atoms with van der Waals surface area (Å²) in [5.74, 6) is 0.652. The zero-order valence-electron chi connectivity index (χ0n) is 11.9. The first-order chi connectivity index (χ1) is 10.6. The molecule has 1 heterocycles. The van der Waals surface area contributed by atoms with Crippen molar-refractivity contribution in [1.29, 1.82) is 0 Å². The van der Waals surface area contributed by atoms with Gasteiger partial charge in [-0.25, -0.2) is 4.39 Å². The molecular formula is C16H14FNO4. The van der Waals surface area contributed by atoms with Gasteiger partial charge in [0.1, 0.15) is 5.82 Å². The molecule has 0 bridgehead atoms. The number of methoxy groups -OCH3 is 1. The fourth-order valence-corrected chi connectivity index (χ4v) is 2.68. The van der Waals surface area contributed by atoms with E-state index in [-0.39, 0.29) is 11.3 Å². The van der Waals surface area contributed by atoms with Gasteiger partial charge in [0.05, 0.1) is 7.11 Å². The molecule has 5 nitrogen and oxygen atoms in total. The number of hydrogen-bond donors (Lipinski definition) is 0. The maximum Gasteiger partial charge on any atom is 0.257 e. The van der Waals surface area contributed by atoms with Gasteiger partial charge >= 0.3 is 0 Å². The summed E-state index contributed by atoms with van der Waals surface area (Å²) in [7, 11) is 1.52. The number of halogens is 1. The lowest BCUT2D eigenvalue weighted by molar-refractivity contribution is -0.535. The summed E-state index contributed by atoms with van der Waals surface area (Å²) in [5, 5.41) is 11.4. The van der Waals surface area contributed by atoms with Gasteiger partial charge in [0.2, 0.25) is 0 Å². The molecule has 3 rings (SSSR count). The van der Waals surface area contributed by atoms with Crippen LogP contribution in [0.4, 0.5) is 4.39 Å². The van der Waals surface area contributed by atoms with Crippen molar-refractivity contribution in [3.8, 4) is 11.5 Å². The molecule has 2 unspecified atom stereocenters. The van der Waals surface area contributed by atoms with Gasteiger partial charge in [-0.05, 0) is 23.8 Å². The third kappa shape index (κ3) is 2.47. The molecule has 0 fully saturated rings. The SMILES string of the molecule is COc1cccc2c1OC(c1ccc(F)cc1)C([N+](=O)[O-])C2. The molecule has 22 heavy (non-hydrogen) atoms. The van der Waals surface area contributed by atoms with E-state index in [4.69, 9.17) is 9.47 Å². The Morgan fingerprint density at radius 2 is 2.00 bits per heavy atom. The molecule has 0 saturated heterocycles. The second-order valence-corrected chi connectivity index (χ2v) is 5.10. The fourth-order valence-electron chi connectivity index (χ4n) is 2.68. The first-order valence-corrected chi connectivity index (χ1v) is 6.81. The molecule has 2 atom stereocenters. The van der Waals surface area contributed by atoms with Crippen molar-refractivity contribution in [2.75, 3.05) is 7.11 Å². The van der Waals surface area contributed by atoms with Crippen molar-refractivity contribution in [1.82, 2.24) is 0 Å². The number of benzene rings is 2. The van der Waals surface area contributed by atoms with Crippen molar-refractivity contribution >= 4 is 0 Å². The number of nitrogens with zero attached hydrogens (tertiary/aromatic N) is 1. The van der Waals surface area contributed by atoms with Crippen LogP contribution in [0.25, 0.3) is 0 Å². The number of ether oxygens (including phenoxy) is 2. The van der Waals surface area contributed by atoms with Gasteiger partial charge in [-0.1, -0.05) is 24.3 Å². The molecule has 2 aromatic carbocycles. The minimum Gasteiger partial charge on any atom is -0.493 e. The second kappa shape index (κ2) is 5.63. The van der Waals surface area contributed by atoms with Crippen LogP contribution in [-0.2, 0) is 6.42 Å². The highest BCUT2D eigenvalue weighted by molar-refractivity contribution is 5.49. The molecule has 6 heteroatoms. The minimum absolute atomic E-state index is 0.238. The normalized spacial score (nSPS) is 19.9. The predicted molar refractivity (Wildman–Crippen MR) is 77.2 cm³/mol. The van der Waals surface area contributed by atoms with E-state index in [0.29, 0.717) is 17.1 Å². The van der Waals surface area contributed by atoms with Crippen LogP contribution in [0.5, 0.6) is 11.5 Å². The smallest absolute Gasteiger partial charge is 0.257 e. The van der Waals surface area contributed by atoms with Gasteiger partial charge in [-0.2, -0.15) is 0 Å². The number of nitro groups is 1. The molecule has 114 valence electrons. The summed E-state index contributed by atoms with van der Waals surface area (Å²) in [4.78, 5) is 11.0.